The number of hydrogen-bond donors (Lipinski definition) is 4. The van der Waals surface area contributed by atoms with Crippen molar-refractivity contribution in [2.45, 2.75) is 13.8 Å². The standard InChI is InChI=1S/C18H18N6O3/c1-11-5-3-7-13(9-11)19-17(25)21-15-16(24-27-23-15)22-18(26)20-14-8-4-6-12(2)10-14/h3-10H,1-2H3,(H2,19,21,23,25)(H2,20,22,24,26). The minimum Gasteiger partial charge on any atom is -0.308 e. The van der Waals surface area contributed by atoms with Crippen molar-refractivity contribution in [3.8, 4) is 0 Å². The zero-order chi connectivity index (χ0) is 19.2. The first kappa shape index (κ1) is 17.9. The highest BCUT2D eigenvalue weighted by Gasteiger charge is 2.16. The van der Waals surface area contributed by atoms with Crippen LogP contribution in [0.25, 0.3) is 0 Å². The Labute approximate surface area is 155 Å². The topological polar surface area (TPSA) is 121 Å². The minimum atomic E-state index is -0.543. The first-order valence-corrected chi connectivity index (χ1v) is 8.11. The number of benzene rings is 2. The molecular formula is C18H18N6O3. The molecule has 0 aliphatic heterocycles. The van der Waals surface area contributed by atoms with E-state index in [-0.39, 0.29) is 11.6 Å². The van der Waals surface area contributed by atoms with Gasteiger partial charge < -0.3 is 10.6 Å². The van der Waals surface area contributed by atoms with Crippen LogP contribution in [0.2, 0.25) is 0 Å². The van der Waals surface area contributed by atoms with Gasteiger partial charge in [0.15, 0.2) is 0 Å². The zero-order valence-electron chi connectivity index (χ0n) is 14.7. The van der Waals surface area contributed by atoms with Gasteiger partial charge in [-0.2, -0.15) is 0 Å². The molecule has 0 bridgehead atoms. The molecule has 0 aliphatic rings. The third-order valence-electron chi connectivity index (χ3n) is 3.50. The van der Waals surface area contributed by atoms with E-state index >= 15 is 0 Å². The number of nitrogens with one attached hydrogen (secondary N) is 4. The quantitative estimate of drug-likeness (QED) is 0.556. The lowest BCUT2D eigenvalue weighted by atomic mass is 10.2. The molecule has 3 aromatic rings. The van der Waals surface area contributed by atoms with E-state index in [4.69, 9.17) is 0 Å². The second kappa shape index (κ2) is 8.00. The predicted octanol–water partition coefficient (Wildman–Crippen LogP) is 3.97. The Kier molecular flexibility index (Phi) is 5.31. The lowest BCUT2D eigenvalue weighted by Gasteiger charge is -2.08. The number of urea groups is 2. The van der Waals surface area contributed by atoms with E-state index in [0.717, 1.165) is 11.1 Å². The summed E-state index contributed by atoms with van der Waals surface area (Å²) in [5.41, 5.74) is 3.25. The molecule has 0 aliphatic carbocycles. The first-order chi connectivity index (χ1) is 13.0. The number of amides is 4. The van der Waals surface area contributed by atoms with Crippen LogP contribution in [-0.4, -0.2) is 22.4 Å². The highest BCUT2D eigenvalue weighted by Crippen LogP contribution is 2.17. The number of hydrogen-bond acceptors (Lipinski definition) is 5. The molecule has 0 saturated heterocycles. The molecule has 0 radical (unpaired) electrons. The molecule has 138 valence electrons. The van der Waals surface area contributed by atoms with E-state index in [1.165, 1.54) is 0 Å². The van der Waals surface area contributed by atoms with Crippen LogP contribution >= 0.6 is 0 Å². The van der Waals surface area contributed by atoms with Gasteiger partial charge in [-0.05, 0) is 59.6 Å². The van der Waals surface area contributed by atoms with Gasteiger partial charge in [-0.15, -0.1) is 0 Å². The molecule has 0 unspecified atom stereocenters. The molecule has 0 atom stereocenters. The summed E-state index contributed by atoms with van der Waals surface area (Å²) in [7, 11) is 0. The molecule has 2 aromatic carbocycles. The zero-order valence-corrected chi connectivity index (χ0v) is 14.7. The van der Waals surface area contributed by atoms with E-state index in [1.807, 2.05) is 50.2 Å². The van der Waals surface area contributed by atoms with Crippen molar-refractivity contribution in [2.75, 3.05) is 21.3 Å². The number of aryl methyl sites for hydroxylation is 2. The van der Waals surface area contributed by atoms with Crippen LogP contribution in [0.15, 0.2) is 53.2 Å². The largest absolute Gasteiger partial charge is 0.325 e. The fourth-order valence-corrected chi connectivity index (χ4v) is 2.34. The lowest BCUT2D eigenvalue weighted by molar-refractivity contribution is 0.261. The van der Waals surface area contributed by atoms with Gasteiger partial charge in [0.1, 0.15) is 0 Å². The van der Waals surface area contributed by atoms with Gasteiger partial charge in [0.25, 0.3) is 0 Å². The van der Waals surface area contributed by atoms with Crippen molar-refractivity contribution in [1.29, 1.82) is 0 Å². The number of carbonyl (C=O) groups is 2. The molecule has 9 heteroatoms. The van der Waals surface area contributed by atoms with Crippen LogP contribution < -0.4 is 21.3 Å². The monoisotopic (exact) mass is 366 g/mol. The Morgan fingerprint density at radius 2 is 1.19 bits per heavy atom. The number of rotatable bonds is 4. The van der Waals surface area contributed by atoms with Gasteiger partial charge in [-0.3, -0.25) is 10.6 Å². The van der Waals surface area contributed by atoms with E-state index in [1.54, 1.807) is 12.1 Å². The Morgan fingerprint density at radius 3 is 1.59 bits per heavy atom. The maximum Gasteiger partial charge on any atom is 0.325 e. The molecule has 0 spiro atoms. The summed E-state index contributed by atoms with van der Waals surface area (Å²) in [6, 6.07) is 13.5. The van der Waals surface area contributed by atoms with Crippen molar-refractivity contribution in [3.63, 3.8) is 0 Å². The summed E-state index contributed by atoms with van der Waals surface area (Å²) in [6.07, 6.45) is 0. The van der Waals surface area contributed by atoms with E-state index in [0.29, 0.717) is 11.4 Å². The number of anilines is 4. The van der Waals surface area contributed by atoms with E-state index in [2.05, 4.69) is 36.2 Å². The van der Waals surface area contributed by atoms with Crippen molar-refractivity contribution in [3.05, 3.63) is 59.7 Å². The average molecular weight is 366 g/mol. The van der Waals surface area contributed by atoms with Gasteiger partial charge in [-0.1, -0.05) is 24.3 Å². The number of carbonyl (C=O) groups excluding carboxylic acids is 2. The minimum absolute atomic E-state index is 0.0143. The third kappa shape index (κ3) is 5.05. The van der Waals surface area contributed by atoms with Crippen LogP contribution in [0.3, 0.4) is 0 Å². The molecule has 1 aromatic heterocycles. The molecule has 0 fully saturated rings. The molecule has 4 N–H and O–H groups in total. The highest BCUT2D eigenvalue weighted by molar-refractivity contribution is 6.04. The summed E-state index contributed by atoms with van der Waals surface area (Å²) in [5, 5.41) is 17.5. The second-order valence-electron chi connectivity index (χ2n) is 5.86. The van der Waals surface area contributed by atoms with Gasteiger partial charge >= 0.3 is 12.1 Å². The van der Waals surface area contributed by atoms with Gasteiger partial charge in [-0.25, -0.2) is 14.2 Å². The predicted molar refractivity (Wildman–Crippen MR) is 102 cm³/mol. The van der Waals surface area contributed by atoms with Crippen LogP contribution in [0.4, 0.5) is 32.6 Å². The molecular weight excluding hydrogens is 348 g/mol. The van der Waals surface area contributed by atoms with E-state index < -0.39 is 12.1 Å². The van der Waals surface area contributed by atoms with Gasteiger partial charge in [0.2, 0.25) is 11.6 Å². The molecule has 27 heavy (non-hydrogen) atoms. The summed E-state index contributed by atoms with van der Waals surface area (Å²) >= 11 is 0. The molecule has 9 nitrogen and oxygen atoms in total. The fraction of sp³-hybridized carbons (Fsp3) is 0.111. The number of aromatic nitrogens is 2. The Balaban J connectivity index is 1.60. The van der Waals surface area contributed by atoms with Gasteiger partial charge in [0, 0.05) is 11.4 Å². The molecule has 3 rings (SSSR count). The van der Waals surface area contributed by atoms with Crippen LogP contribution in [0.5, 0.6) is 0 Å². The lowest BCUT2D eigenvalue weighted by Crippen LogP contribution is -2.23. The second-order valence-corrected chi connectivity index (χ2v) is 5.86. The van der Waals surface area contributed by atoms with Crippen molar-refractivity contribution < 1.29 is 14.2 Å². The molecule has 1 heterocycles. The maximum atomic E-state index is 12.1. The van der Waals surface area contributed by atoms with Crippen LogP contribution in [0, 0.1) is 13.8 Å². The summed E-state index contributed by atoms with van der Waals surface area (Å²) in [5.74, 6) is -0.0286. The maximum absolute atomic E-state index is 12.1. The molecule has 0 saturated carbocycles. The average Bonchev–Trinajstić information content (AvgIpc) is 3.01. The Bertz CT molecular complexity index is 893. The Hall–Kier alpha value is -3.88. The highest BCUT2D eigenvalue weighted by atomic mass is 16.6. The Morgan fingerprint density at radius 1 is 0.741 bits per heavy atom. The van der Waals surface area contributed by atoms with Crippen LogP contribution in [0.1, 0.15) is 11.1 Å². The van der Waals surface area contributed by atoms with Crippen LogP contribution in [-0.2, 0) is 0 Å². The summed E-state index contributed by atoms with van der Waals surface area (Å²) in [4.78, 5) is 24.2. The van der Waals surface area contributed by atoms with Gasteiger partial charge in [0.05, 0.1) is 0 Å². The normalized spacial score (nSPS) is 10.1. The molecule has 4 amide bonds. The third-order valence-corrected chi connectivity index (χ3v) is 3.50. The van der Waals surface area contributed by atoms with Crippen molar-refractivity contribution in [1.82, 2.24) is 10.3 Å². The summed E-state index contributed by atoms with van der Waals surface area (Å²) in [6.45, 7) is 3.83. The SMILES string of the molecule is Cc1cccc(NC(=O)Nc2nonc2NC(=O)Nc2cccc(C)c2)c1. The summed E-state index contributed by atoms with van der Waals surface area (Å²) < 4.78 is 4.60. The smallest absolute Gasteiger partial charge is 0.308 e. The van der Waals surface area contributed by atoms with Crippen molar-refractivity contribution in [2.24, 2.45) is 0 Å². The van der Waals surface area contributed by atoms with Crippen molar-refractivity contribution >= 4 is 35.1 Å². The van der Waals surface area contributed by atoms with E-state index in [9.17, 15) is 9.59 Å². The first-order valence-electron chi connectivity index (χ1n) is 8.11. The fourth-order valence-electron chi connectivity index (χ4n) is 2.34. The number of nitrogens with zero attached hydrogens (tertiary/aromatic N) is 2.